The number of carbonyl (C=O) groups excluding carboxylic acids is 2. The first-order chi connectivity index (χ1) is 16.5. The van der Waals surface area contributed by atoms with Crippen LogP contribution in [-0.4, -0.2) is 51.3 Å². The molecule has 1 amide bonds. The minimum absolute atomic E-state index is 0.0583. The zero-order valence-corrected chi connectivity index (χ0v) is 20.3. The van der Waals surface area contributed by atoms with E-state index in [9.17, 15) is 9.59 Å². The van der Waals surface area contributed by atoms with Gasteiger partial charge < -0.3 is 14.4 Å². The second kappa shape index (κ2) is 9.58. The van der Waals surface area contributed by atoms with Gasteiger partial charge in [0.15, 0.2) is 5.69 Å². The van der Waals surface area contributed by atoms with E-state index in [0.29, 0.717) is 44.8 Å². The summed E-state index contributed by atoms with van der Waals surface area (Å²) in [6.07, 6.45) is 2.12. The van der Waals surface area contributed by atoms with Gasteiger partial charge in [-0.1, -0.05) is 18.2 Å². The Balaban J connectivity index is 1.36. The highest BCUT2D eigenvalue weighted by atomic mass is 32.1. The Hall–Kier alpha value is -3.20. The summed E-state index contributed by atoms with van der Waals surface area (Å²) in [4.78, 5) is 33.5. The fraction of sp³-hybridized carbons (Fsp3) is 0.440. The summed E-state index contributed by atoms with van der Waals surface area (Å²) >= 11 is 1.63. The third kappa shape index (κ3) is 4.32. The molecule has 0 radical (unpaired) electrons. The Morgan fingerprint density at radius 3 is 2.94 bits per heavy atom. The number of fused-ring (bicyclic) bond motifs is 2. The summed E-state index contributed by atoms with van der Waals surface area (Å²) in [5.74, 6) is 0.250. The summed E-state index contributed by atoms with van der Waals surface area (Å²) in [7, 11) is 0. The predicted octanol–water partition coefficient (Wildman–Crippen LogP) is 3.20. The SMILES string of the molecule is CCOC(=O)c1nn(CCc2scnc2C)c2c1CN(C(=O)C1COc3ccccc3C1)CC2. The summed E-state index contributed by atoms with van der Waals surface area (Å²) in [6, 6.07) is 7.86. The van der Waals surface area contributed by atoms with Crippen LogP contribution in [0.15, 0.2) is 29.8 Å². The highest BCUT2D eigenvalue weighted by Gasteiger charge is 2.35. The highest BCUT2D eigenvalue weighted by Crippen LogP contribution is 2.30. The molecular formula is C25H28N4O4S. The number of carbonyl (C=O) groups is 2. The number of rotatable bonds is 6. The molecule has 0 fully saturated rings. The monoisotopic (exact) mass is 480 g/mol. The van der Waals surface area contributed by atoms with Crippen molar-refractivity contribution >= 4 is 23.2 Å². The van der Waals surface area contributed by atoms with E-state index in [2.05, 4.69) is 10.1 Å². The maximum atomic E-state index is 13.4. The lowest BCUT2D eigenvalue weighted by Crippen LogP contribution is -2.43. The minimum atomic E-state index is -0.435. The maximum Gasteiger partial charge on any atom is 0.359 e. The number of benzene rings is 1. The van der Waals surface area contributed by atoms with Gasteiger partial charge in [0.1, 0.15) is 12.4 Å². The fourth-order valence-electron chi connectivity index (χ4n) is 4.75. The number of aromatic nitrogens is 3. The minimum Gasteiger partial charge on any atom is -0.492 e. The van der Waals surface area contributed by atoms with Crippen LogP contribution >= 0.6 is 11.3 Å². The van der Waals surface area contributed by atoms with E-state index in [0.717, 1.165) is 34.7 Å². The number of para-hydroxylation sites is 1. The predicted molar refractivity (Wildman–Crippen MR) is 127 cm³/mol. The van der Waals surface area contributed by atoms with Gasteiger partial charge in [0.05, 0.1) is 23.7 Å². The molecule has 0 N–H and O–H groups in total. The third-order valence-electron chi connectivity index (χ3n) is 6.54. The maximum absolute atomic E-state index is 13.4. The molecule has 1 unspecified atom stereocenters. The number of hydrogen-bond acceptors (Lipinski definition) is 7. The van der Waals surface area contributed by atoms with Crippen LogP contribution in [0.25, 0.3) is 0 Å². The van der Waals surface area contributed by atoms with Crippen molar-refractivity contribution in [3.8, 4) is 5.75 Å². The first-order valence-corrected chi connectivity index (χ1v) is 12.6. The molecule has 34 heavy (non-hydrogen) atoms. The molecule has 0 spiro atoms. The molecule has 2 aromatic heterocycles. The molecule has 2 aliphatic heterocycles. The normalized spacial score (nSPS) is 17.0. The number of aryl methyl sites for hydroxylation is 3. The molecule has 0 bridgehead atoms. The van der Waals surface area contributed by atoms with E-state index in [4.69, 9.17) is 9.47 Å². The van der Waals surface area contributed by atoms with Crippen molar-refractivity contribution in [3.05, 3.63) is 62.9 Å². The number of thiazole rings is 1. The third-order valence-corrected chi connectivity index (χ3v) is 7.53. The molecule has 5 rings (SSSR count). The van der Waals surface area contributed by atoms with Gasteiger partial charge in [-0.05, 0) is 31.9 Å². The lowest BCUT2D eigenvalue weighted by atomic mass is 9.94. The van der Waals surface area contributed by atoms with Gasteiger partial charge >= 0.3 is 5.97 Å². The molecule has 3 aromatic rings. The topological polar surface area (TPSA) is 86.5 Å². The van der Waals surface area contributed by atoms with Gasteiger partial charge in [0.2, 0.25) is 5.91 Å². The van der Waals surface area contributed by atoms with Gasteiger partial charge in [0.25, 0.3) is 0 Å². The van der Waals surface area contributed by atoms with Crippen molar-refractivity contribution in [1.82, 2.24) is 19.7 Å². The molecule has 0 saturated carbocycles. The van der Waals surface area contributed by atoms with Crippen LogP contribution in [0.3, 0.4) is 0 Å². The fourth-order valence-corrected chi connectivity index (χ4v) is 5.52. The van der Waals surface area contributed by atoms with Crippen molar-refractivity contribution in [2.75, 3.05) is 19.8 Å². The lowest BCUT2D eigenvalue weighted by Gasteiger charge is -2.33. The van der Waals surface area contributed by atoms with Crippen LogP contribution in [0.4, 0.5) is 0 Å². The summed E-state index contributed by atoms with van der Waals surface area (Å²) in [5.41, 5.74) is 6.08. The van der Waals surface area contributed by atoms with Crippen molar-refractivity contribution < 1.29 is 19.1 Å². The number of esters is 1. The molecule has 2 aliphatic rings. The molecule has 8 nitrogen and oxygen atoms in total. The van der Waals surface area contributed by atoms with E-state index in [1.54, 1.807) is 18.3 Å². The van der Waals surface area contributed by atoms with Crippen LogP contribution in [0.5, 0.6) is 5.75 Å². The van der Waals surface area contributed by atoms with Gasteiger partial charge in [-0.2, -0.15) is 5.10 Å². The molecule has 1 aromatic carbocycles. The Morgan fingerprint density at radius 2 is 2.15 bits per heavy atom. The van der Waals surface area contributed by atoms with Gasteiger partial charge in [-0.15, -0.1) is 11.3 Å². The Bertz CT molecular complexity index is 1220. The molecular weight excluding hydrogens is 452 g/mol. The molecule has 178 valence electrons. The first-order valence-electron chi connectivity index (χ1n) is 11.7. The molecule has 0 saturated heterocycles. The summed E-state index contributed by atoms with van der Waals surface area (Å²) < 4.78 is 13.1. The Labute approximate surface area is 202 Å². The first kappa shape index (κ1) is 22.6. The highest BCUT2D eigenvalue weighted by molar-refractivity contribution is 7.09. The average molecular weight is 481 g/mol. The van der Waals surface area contributed by atoms with E-state index in [1.165, 1.54) is 4.88 Å². The van der Waals surface area contributed by atoms with Crippen LogP contribution in [0.1, 0.15) is 44.8 Å². The van der Waals surface area contributed by atoms with Crippen LogP contribution in [0, 0.1) is 12.8 Å². The van der Waals surface area contributed by atoms with Gasteiger partial charge in [0, 0.05) is 48.6 Å². The standard InChI is InChI=1S/C25H28N4O4S/c1-3-32-25(31)23-19-13-28(24(30)18-12-17-6-4-5-7-21(17)33-14-18)10-8-20(19)29(27-23)11-9-22-16(2)26-15-34-22/h4-7,15,18H,3,8-14H2,1-2H3. The molecule has 0 aliphatic carbocycles. The summed E-state index contributed by atoms with van der Waals surface area (Å²) in [6.45, 7) is 6.05. The molecule has 9 heteroatoms. The van der Waals surface area contributed by atoms with Crippen LogP contribution in [0.2, 0.25) is 0 Å². The van der Waals surface area contributed by atoms with E-state index < -0.39 is 5.97 Å². The van der Waals surface area contributed by atoms with E-state index >= 15 is 0 Å². The smallest absolute Gasteiger partial charge is 0.359 e. The van der Waals surface area contributed by atoms with Gasteiger partial charge in [-0.25, -0.2) is 9.78 Å². The largest absolute Gasteiger partial charge is 0.492 e. The number of amides is 1. The second-order valence-electron chi connectivity index (χ2n) is 8.66. The quantitative estimate of drug-likeness (QED) is 0.504. The van der Waals surface area contributed by atoms with Crippen molar-refractivity contribution in [2.45, 2.75) is 46.2 Å². The summed E-state index contributed by atoms with van der Waals surface area (Å²) in [5, 5.41) is 4.64. The lowest BCUT2D eigenvalue weighted by molar-refractivity contribution is -0.137. The van der Waals surface area contributed by atoms with E-state index in [1.807, 2.05) is 46.3 Å². The van der Waals surface area contributed by atoms with Crippen molar-refractivity contribution in [1.29, 1.82) is 0 Å². The number of hydrogen-bond donors (Lipinski definition) is 0. The number of ether oxygens (including phenoxy) is 2. The Kier molecular flexibility index (Phi) is 6.36. The number of nitrogens with zero attached hydrogens (tertiary/aromatic N) is 4. The zero-order valence-electron chi connectivity index (χ0n) is 19.5. The van der Waals surface area contributed by atoms with E-state index in [-0.39, 0.29) is 18.4 Å². The molecule has 4 heterocycles. The van der Waals surface area contributed by atoms with Crippen molar-refractivity contribution in [2.24, 2.45) is 5.92 Å². The van der Waals surface area contributed by atoms with Gasteiger partial charge in [-0.3, -0.25) is 9.48 Å². The molecule has 1 atom stereocenters. The average Bonchev–Trinajstić information content (AvgIpc) is 3.44. The van der Waals surface area contributed by atoms with Crippen LogP contribution < -0.4 is 4.74 Å². The second-order valence-corrected chi connectivity index (χ2v) is 9.60. The van der Waals surface area contributed by atoms with Crippen LogP contribution in [-0.2, 0) is 41.9 Å². The Morgan fingerprint density at radius 1 is 1.29 bits per heavy atom. The zero-order chi connectivity index (χ0) is 23.7. The van der Waals surface area contributed by atoms with Crippen molar-refractivity contribution in [3.63, 3.8) is 0 Å².